The van der Waals surface area contributed by atoms with Crippen molar-refractivity contribution in [3.05, 3.63) is 40.8 Å². The monoisotopic (exact) mass is 408 g/mol. The van der Waals surface area contributed by atoms with Crippen molar-refractivity contribution in [2.45, 2.75) is 25.3 Å². The van der Waals surface area contributed by atoms with Crippen LogP contribution in [0.25, 0.3) is 16.8 Å². The molecular formula is C19H20N8O3. The number of nitrogens with zero attached hydrogens (tertiary/aromatic N) is 7. The average Bonchev–Trinajstić information content (AvgIpc) is 3.31. The second kappa shape index (κ2) is 6.73. The number of carbonyl (C=O) groups is 1. The first kappa shape index (κ1) is 18.4. The minimum atomic E-state index is -0.976. The van der Waals surface area contributed by atoms with Gasteiger partial charge in [-0.15, -0.1) is 0 Å². The van der Waals surface area contributed by atoms with E-state index in [-0.39, 0.29) is 5.69 Å². The summed E-state index contributed by atoms with van der Waals surface area (Å²) in [7, 11) is 1.65. The fraction of sp³-hybridized carbons (Fsp3) is 0.368. The van der Waals surface area contributed by atoms with Crippen LogP contribution in [0.3, 0.4) is 0 Å². The van der Waals surface area contributed by atoms with Gasteiger partial charge in [0.1, 0.15) is 23.7 Å². The van der Waals surface area contributed by atoms with E-state index in [4.69, 9.17) is 4.74 Å². The molecule has 0 aromatic carbocycles. The van der Waals surface area contributed by atoms with Gasteiger partial charge in [-0.3, -0.25) is 9.13 Å². The maximum atomic E-state index is 13.0. The molecule has 4 aromatic rings. The number of aryl methyl sites for hydroxylation is 2. The van der Waals surface area contributed by atoms with Gasteiger partial charge in [0, 0.05) is 33.1 Å². The van der Waals surface area contributed by atoms with E-state index < -0.39 is 5.54 Å². The number of anilines is 2. The Labute approximate surface area is 170 Å². The Bertz CT molecular complexity index is 1330. The first-order chi connectivity index (χ1) is 14.5. The largest absolute Gasteiger partial charge is 0.381 e. The van der Waals surface area contributed by atoms with E-state index in [1.807, 2.05) is 13.0 Å². The summed E-state index contributed by atoms with van der Waals surface area (Å²) in [6.07, 6.45) is 6.55. The molecule has 1 aliphatic heterocycles. The summed E-state index contributed by atoms with van der Waals surface area (Å²) in [4.78, 5) is 38.3. The lowest BCUT2D eigenvalue weighted by molar-refractivity contribution is -0.119. The van der Waals surface area contributed by atoms with Gasteiger partial charge < -0.3 is 14.8 Å². The van der Waals surface area contributed by atoms with Crippen LogP contribution in [0.15, 0.2) is 29.6 Å². The summed E-state index contributed by atoms with van der Waals surface area (Å²) in [5.74, 6) is 0.317. The lowest BCUT2D eigenvalue weighted by Crippen LogP contribution is -2.46. The number of imidazole rings is 1. The van der Waals surface area contributed by atoms with Crippen molar-refractivity contribution in [3.63, 3.8) is 0 Å². The molecule has 1 saturated heterocycles. The quantitative estimate of drug-likeness (QED) is 0.495. The summed E-state index contributed by atoms with van der Waals surface area (Å²) < 4.78 is 10.0. The second-order valence-electron chi connectivity index (χ2n) is 7.47. The first-order valence-corrected chi connectivity index (χ1v) is 9.58. The Morgan fingerprint density at radius 3 is 2.83 bits per heavy atom. The Kier molecular flexibility index (Phi) is 4.13. The Morgan fingerprint density at radius 1 is 1.27 bits per heavy atom. The molecule has 1 N–H and O–H groups in total. The third kappa shape index (κ3) is 2.70. The summed E-state index contributed by atoms with van der Waals surface area (Å²) in [5, 5.41) is 7.33. The zero-order chi connectivity index (χ0) is 20.9. The first-order valence-electron chi connectivity index (χ1n) is 9.58. The summed E-state index contributed by atoms with van der Waals surface area (Å²) in [6, 6.07) is 1.90. The highest BCUT2D eigenvalue weighted by atomic mass is 16.5. The molecule has 0 saturated carbocycles. The van der Waals surface area contributed by atoms with Crippen LogP contribution in [0.5, 0.6) is 0 Å². The molecule has 0 spiro atoms. The number of pyridine rings is 1. The van der Waals surface area contributed by atoms with Crippen molar-refractivity contribution in [3.8, 4) is 0 Å². The molecule has 0 radical (unpaired) electrons. The molecule has 0 unspecified atom stereocenters. The van der Waals surface area contributed by atoms with E-state index in [1.165, 1.54) is 15.5 Å². The van der Waals surface area contributed by atoms with E-state index in [0.29, 0.717) is 43.2 Å². The minimum absolute atomic E-state index is 0.300. The van der Waals surface area contributed by atoms with Crippen molar-refractivity contribution in [1.29, 1.82) is 0 Å². The normalized spacial score (nSPS) is 16.2. The van der Waals surface area contributed by atoms with E-state index in [9.17, 15) is 9.59 Å². The Balaban J connectivity index is 1.63. The maximum Gasteiger partial charge on any atom is 0.331 e. The lowest BCUT2D eigenvalue weighted by atomic mass is 9.91. The molecule has 1 aliphatic rings. The van der Waals surface area contributed by atoms with E-state index in [0.717, 1.165) is 23.2 Å². The fourth-order valence-electron chi connectivity index (χ4n) is 3.90. The number of hydrogen-bond acceptors (Lipinski definition) is 8. The van der Waals surface area contributed by atoms with Crippen LogP contribution in [0.1, 0.15) is 18.4 Å². The van der Waals surface area contributed by atoms with Crippen molar-refractivity contribution >= 4 is 34.7 Å². The molecule has 11 heteroatoms. The van der Waals surface area contributed by atoms with Gasteiger partial charge in [-0.25, -0.2) is 19.3 Å². The van der Waals surface area contributed by atoms with Gasteiger partial charge >= 0.3 is 5.69 Å². The van der Waals surface area contributed by atoms with Crippen LogP contribution in [-0.2, 0) is 22.1 Å². The molecular weight excluding hydrogens is 388 g/mol. The van der Waals surface area contributed by atoms with Gasteiger partial charge in [-0.05, 0) is 18.6 Å². The molecule has 4 aromatic heterocycles. The van der Waals surface area contributed by atoms with E-state index >= 15 is 0 Å². The lowest BCUT2D eigenvalue weighted by Gasteiger charge is -2.32. The third-order valence-electron chi connectivity index (χ3n) is 5.69. The molecule has 5 rings (SSSR count). The molecule has 11 nitrogen and oxygen atoms in total. The van der Waals surface area contributed by atoms with Gasteiger partial charge in [-0.1, -0.05) is 0 Å². The van der Waals surface area contributed by atoms with Gasteiger partial charge in [0.25, 0.3) is 0 Å². The van der Waals surface area contributed by atoms with Gasteiger partial charge in [0.05, 0.1) is 18.1 Å². The van der Waals surface area contributed by atoms with Crippen LogP contribution in [0, 0.1) is 6.92 Å². The predicted octanol–water partition coefficient (Wildman–Crippen LogP) is 0.929. The number of rotatable bonds is 4. The van der Waals surface area contributed by atoms with Crippen LogP contribution in [0.4, 0.5) is 11.6 Å². The average molecular weight is 408 g/mol. The molecule has 1 fully saturated rings. The number of hydrogen-bond donors (Lipinski definition) is 1. The molecule has 0 amide bonds. The highest BCUT2D eigenvalue weighted by Gasteiger charge is 2.38. The SMILES string of the molecule is Cc1cc2ncnn2cc1Nc1ncc2c(n1)n(C1(C=O)CCOCC1)c(=O)n2C. The fourth-order valence-corrected chi connectivity index (χ4v) is 3.90. The number of fused-ring (bicyclic) bond motifs is 2. The van der Waals surface area contributed by atoms with E-state index in [1.54, 1.807) is 24.0 Å². The van der Waals surface area contributed by atoms with Crippen LogP contribution in [0.2, 0.25) is 0 Å². The Morgan fingerprint density at radius 2 is 2.07 bits per heavy atom. The maximum absolute atomic E-state index is 13.0. The summed E-state index contributed by atoms with van der Waals surface area (Å²) in [6.45, 7) is 2.77. The highest BCUT2D eigenvalue weighted by molar-refractivity contribution is 5.76. The van der Waals surface area contributed by atoms with Gasteiger partial charge in [0.15, 0.2) is 11.3 Å². The van der Waals surface area contributed by atoms with Crippen LogP contribution >= 0.6 is 0 Å². The minimum Gasteiger partial charge on any atom is -0.381 e. The molecule has 0 aliphatic carbocycles. The molecule has 30 heavy (non-hydrogen) atoms. The summed E-state index contributed by atoms with van der Waals surface area (Å²) in [5.41, 5.74) is 2.13. The highest BCUT2D eigenvalue weighted by Crippen LogP contribution is 2.29. The van der Waals surface area contributed by atoms with Gasteiger partial charge in [0.2, 0.25) is 5.95 Å². The topological polar surface area (TPSA) is 121 Å². The van der Waals surface area contributed by atoms with Crippen molar-refractivity contribution in [2.75, 3.05) is 18.5 Å². The number of ether oxygens (including phenoxy) is 1. The second-order valence-corrected chi connectivity index (χ2v) is 7.47. The summed E-state index contributed by atoms with van der Waals surface area (Å²) >= 11 is 0. The van der Waals surface area contributed by atoms with Crippen LogP contribution < -0.4 is 11.0 Å². The zero-order valence-corrected chi connectivity index (χ0v) is 16.6. The van der Waals surface area contributed by atoms with Crippen molar-refractivity contribution < 1.29 is 9.53 Å². The third-order valence-corrected chi connectivity index (χ3v) is 5.69. The smallest absolute Gasteiger partial charge is 0.331 e. The van der Waals surface area contributed by atoms with Crippen molar-refractivity contribution in [2.24, 2.45) is 7.05 Å². The molecule has 0 atom stereocenters. The number of aldehydes is 1. The van der Waals surface area contributed by atoms with Gasteiger partial charge in [-0.2, -0.15) is 10.1 Å². The molecule has 154 valence electrons. The number of aromatic nitrogens is 7. The zero-order valence-electron chi connectivity index (χ0n) is 16.6. The number of carbonyl (C=O) groups excluding carboxylic acids is 1. The molecule has 5 heterocycles. The number of nitrogens with one attached hydrogen (secondary N) is 1. The Hall–Kier alpha value is -3.60. The van der Waals surface area contributed by atoms with E-state index in [2.05, 4.69) is 25.4 Å². The molecule has 0 bridgehead atoms. The predicted molar refractivity (Wildman–Crippen MR) is 108 cm³/mol. The van der Waals surface area contributed by atoms with Crippen LogP contribution in [-0.4, -0.2) is 53.2 Å². The standard InChI is InChI=1S/C19H20N8O3/c1-12-7-15-21-11-22-26(15)9-13(12)23-17-20-8-14-16(24-17)27(18(29)25(14)2)19(10-28)3-5-30-6-4-19/h7-11H,3-6H2,1-2H3,(H,20,23,24). The van der Waals surface area contributed by atoms with Crippen molar-refractivity contribution in [1.82, 2.24) is 33.7 Å².